The first-order valence-corrected chi connectivity index (χ1v) is 6.87. The molecule has 2 N–H and O–H groups in total. The highest BCUT2D eigenvalue weighted by atomic mass is 35.5. The van der Waals surface area contributed by atoms with Crippen LogP contribution in [0.4, 0.5) is 0 Å². The van der Waals surface area contributed by atoms with E-state index < -0.39 is 12.2 Å². The number of hydrogen-bond donors (Lipinski definition) is 2. The van der Waals surface area contributed by atoms with Crippen LogP contribution in [0.2, 0.25) is 5.02 Å². The minimum Gasteiger partial charge on any atom is -0.385 e. The van der Waals surface area contributed by atoms with Gasteiger partial charge in [0, 0.05) is 10.8 Å². The molecule has 3 aromatic carbocycles. The minimum atomic E-state index is -1.49. The maximum Gasteiger partial charge on any atom is 0.170 e. The van der Waals surface area contributed by atoms with E-state index in [-0.39, 0.29) is 0 Å². The number of benzene rings is 3. The summed E-state index contributed by atoms with van der Waals surface area (Å²) in [7, 11) is 0. The Morgan fingerprint density at radius 1 is 0.857 bits per heavy atom. The van der Waals surface area contributed by atoms with Gasteiger partial charge in [-0.15, -0.1) is 0 Å². The first-order chi connectivity index (χ1) is 10.1. The summed E-state index contributed by atoms with van der Waals surface area (Å²) in [6.07, 6.45) is -2.78. The molecular formula is C17H12ClNO2. The second-order valence-electron chi connectivity index (χ2n) is 4.84. The Morgan fingerprint density at radius 2 is 1.29 bits per heavy atom. The zero-order valence-electron chi connectivity index (χ0n) is 11.0. The average molecular weight is 298 g/mol. The zero-order chi connectivity index (χ0) is 15.0. The fraction of sp³-hybridized carbons (Fsp3) is 0.118. The number of nitriles is 1. The molecule has 0 heterocycles. The SMILES string of the molecule is N#CC(O)C(O)c1c2ccccc2c(Cl)c2ccccc12. The predicted molar refractivity (Wildman–Crippen MR) is 83.0 cm³/mol. The molecule has 2 unspecified atom stereocenters. The second kappa shape index (κ2) is 5.34. The molecule has 21 heavy (non-hydrogen) atoms. The Labute approximate surface area is 126 Å². The van der Waals surface area contributed by atoms with Gasteiger partial charge in [-0.3, -0.25) is 0 Å². The number of aliphatic hydroxyl groups is 2. The first-order valence-electron chi connectivity index (χ1n) is 6.49. The Morgan fingerprint density at radius 3 is 1.71 bits per heavy atom. The van der Waals surface area contributed by atoms with E-state index in [1.54, 1.807) is 6.07 Å². The number of nitrogens with zero attached hydrogens (tertiary/aromatic N) is 1. The summed E-state index contributed by atoms with van der Waals surface area (Å²) in [6, 6.07) is 16.5. The van der Waals surface area contributed by atoms with Crippen molar-refractivity contribution in [1.82, 2.24) is 0 Å². The third-order valence-electron chi connectivity index (χ3n) is 3.63. The van der Waals surface area contributed by atoms with Crippen molar-refractivity contribution in [3.05, 3.63) is 59.1 Å². The van der Waals surface area contributed by atoms with Crippen LogP contribution >= 0.6 is 11.6 Å². The van der Waals surface area contributed by atoms with Crippen LogP contribution in [0.3, 0.4) is 0 Å². The van der Waals surface area contributed by atoms with Crippen molar-refractivity contribution in [3.8, 4) is 6.07 Å². The van der Waals surface area contributed by atoms with Gasteiger partial charge < -0.3 is 10.2 Å². The molecule has 3 rings (SSSR count). The van der Waals surface area contributed by atoms with Crippen LogP contribution in [-0.4, -0.2) is 16.3 Å². The van der Waals surface area contributed by atoms with E-state index >= 15 is 0 Å². The van der Waals surface area contributed by atoms with Crippen molar-refractivity contribution in [1.29, 1.82) is 5.26 Å². The van der Waals surface area contributed by atoms with Gasteiger partial charge in [0.15, 0.2) is 6.10 Å². The summed E-state index contributed by atoms with van der Waals surface area (Å²) in [5.41, 5.74) is 0.527. The lowest BCUT2D eigenvalue weighted by Gasteiger charge is -2.19. The topological polar surface area (TPSA) is 64.2 Å². The highest BCUT2D eigenvalue weighted by Gasteiger charge is 2.23. The van der Waals surface area contributed by atoms with Crippen molar-refractivity contribution in [2.75, 3.05) is 0 Å². The number of halogens is 1. The largest absolute Gasteiger partial charge is 0.385 e. The van der Waals surface area contributed by atoms with Gasteiger partial charge in [0.2, 0.25) is 0 Å². The van der Waals surface area contributed by atoms with E-state index in [0.29, 0.717) is 10.6 Å². The van der Waals surface area contributed by atoms with Gasteiger partial charge in [-0.25, -0.2) is 0 Å². The zero-order valence-corrected chi connectivity index (χ0v) is 11.7. The quantitative estimate of drug-likeness (QED) is 0.561. The van der Waals surface area contributed by atoms with Crippen LogP contribution in [0.5, 0.6) is 0 Å². The first kappa shape index (κ1) is 13.8. The van der Waals surface area contributed by atoms with Crippen LogP contribution in [0.15, 0.2) is 48.5 Å². The Bertz CT molecular complexity index is 813. The second-order valence-corrected chi connectivity index (χ2v) is 5.22. The molecule has 0 aromatic heterocycles. The maximum absolute atomic E-state index is 10.4. The molecule has 2 atom stereocenters. The molecule has 0 amide bonds. The van der Waals surface area contributed by atoms with Crippen LogP contribution in [0.25, 0.3) is 21.5 Å². The van der Waals surface area contributed by atoms with E-state index in [2.05, 4.69) is 0 Å². The number of hydrogen-bond acceptors (Lipinski definition) is 3. The van der Waals surface area contributed by atoms with Crippen LogP contribution in [-0.2, 0) is 0 Å². The summed E-state index contributed by atoms with van der Waals surface area (Å²) < 4.78 is 0. The van der Waals surface area contributed by atoms with Crippen LogP contribution < -0.4 is 0 Å². The number of aliphatic hydroxyl groups excluding tert-OH is 2. The highest BCUT2D eigenvalue weighted by Crippen LogP contribution is 2.39. The van der Waals surface area contributed by atoms with Crippen molar-refractivity contribution in [2.24, 2.45) is 0 Å². The Kier molecular flexibility index (Phi) is 3.52. The summed E-state index contributed by atoms with van der Waals surface area (Å²) in [5, 5.41) is 32.6. The summed E-state index contributed by atoms with van der Waals surface area (Å²) >= 11 is 6.46. The fourth-order valence-electron chi connectivity index (χ4n) is 2.66. The number of fused-ring (bicyclic) bond motifs is 2. The third-order valence-corrected chi connectivity index (χ3v) is 4.04. The van der Waals surface area contributed by atoms with Gasteiger partial charge in [0.05, 0.1) is 11.1 Å². The maximum atomic E-state index is 10.4. The predicted octanol–water partition coefficient (Wildman–Crippen LogP) is 3.56. The minimum absolute atomic E-state index is 0.527. The smallest absolute Gasteiger partial charge is 0.170 e. The highest BCUT2D eigenvalue weighted by molar-refractivity contribution is 6.41. The summed E-state index contributed by atoms with van der Waals surface area (Å²) in [4.78, 5) is 0. The molecule has 104 valence electrons. The van der Waals surface area contributed by atoms with Gasteiger partial charge in [0.25, 0.3) is 0 Å². The van der Waals surface area contributed by atoms with Gasteiger partial charge in [-0.1, -0.05) is 60.1 Å². The summed E-state index contributed by atoms with van der Waals surface area (Å²) in [6.45, 7) is 0. The Balaban J connectivity index is 2.49. The van der Waals surface area contributed by atoms with Gasteiger partial charge in [-0.05, 0) is 16.3 Å². The van der Waals surface area contributed by atoms with E-state index in [9.17, 15) is 10.2 Å². The Hall–Kier alpha value is -2.12. The van der Waals surface area contributed by atoms with Crippen LogP contribution in [0, 0.1) is 11.3 Å². The summed E-state index contributed by atoms with van der Waals surface area (Å²) in [5.74, 6) is 0. The van der Waals surface area contributed by atoms with Crippen molar-refractivity contribution in [2.45, 2.75) is 12.2 Å². The van der Waals surface area contributed by atoms with E-state index in [4.69, 9.17) is 16.9 Å². The van der Waals surface area contributed by atoms with E-state index in [1.807, 2.05) is 48.5 Å². The molecule has 0 fully saturated rings. The normalized spacial score (nSPS) is 14.0. The molecule has 0 radical (unpaired) electrons. The van der Waals surface area contributed by atoms with Crippen LogP contribution in [0.1, 0.15) is 11.7 Å². The molecule has 0 aliphatic heterocycles. The van der Waals surface area contributed by atoms with Gasteiger partial charge in [0.1, 0.15) is 6.10 Å². The lowest BCUT2D eigenvalue weighted by Crippen LogP contribution is -2.16. The average Bonchev–Trinajstić information content (AvgIpc) is 2.54. The molecule has 3 aromatic rings. The van der Waals surface area contributed by atoms with E-state index in [0.717, 1.165) is 21.5 Å². The van der Waals surface area contributed by atoms with Gasteiger partial charge >= 0.3 is 0 Å². The molecule has 0 aliphatic carbocycles. The third kappa shape index (κ3) is 2.14. The molecule has 0 saturated heterocycles. The fourth-order valence-corrected chi connectivity index (χ4v) is 2.99. The molecule has 4 heteroatoms. The van der Waals surface area contributed by atoms with E-state index in [1.165, 1.54) is 0 Å². The molecule has 0 spiro atoms. The molecule has 0 saturated carbocycles. The van der Waals surface area contributed by atoms with Crippen molar-refractivity contribution in [3.63, 3.8) is 0 Å². The lowest BCUT2D eigenvalue weighted by molar-refractivity contribution is 0.0547. The molecule has 3 nitrogen and oxygen atoms in total. The number of rotatable bonds is 2. The van der Waals surface area contributed by atoms with Gasteiger partial charge in [-0.2, -0.15) is 5.26 Å². The van der Waals surface area contributed by atoms with Crippen molar-refractivity contribution < 1.29 is 10.2 Å². The molecule has 0 bridgehead atoms. The lowest BCUT2D eigenvalue weighted by atomic mass is 9.91. The van der Waals surface area contributed by atoms with Crippen molar-refractivity contribution >= 4 is 33.1 Å². The standard InChI is InChI=1S/C17H12ClNO2/c18-16-12-7-3-1-5-10(12)15(17(21)14(20)9-19)11-6-2-4-8-13(11)16/h1-8,14,17,20-21H. The monoisotopic (exact) mass is 297 g/mol. The molecular weight excluding hydrogens is 286 g/mol. The molecule has 0 aliphatic rings.